The number of aryl methyl sites for hydroxylation is 1. The molecule has 6 nitrogen and oxygen atoms in total. The summed E-state index contributed by atoms with van der Waals surface area (Å²) in [5.41, 5.74) is 5.37. The van der Waals surface area contributed by atoms with E-state index in [2.05, 4.69) is 83.7 Å². The summed E-state index contributed by atoms with van der Waals surface area (Å²) in [6.45, 7) is 11.7. The number of quaternary nitrogens is 1. The number of tetrazole rings is 1. The van der Waals surface area contributed by atoms with Crippen molar-refractivity contribution in [2.45, 2.75) is 39.8 Å². The Morgan fingerprint density at radius 3 is 2.48 bits per heavy atom. The molecule has 2 heterocycles. The van der Waals surface area contributed by atoms with Crippen LogP contribution in [-0.2, 0) is 6.54 Å². The van der Waals surface area contributed by atoms with Gasteiger partial charge in [0.1, 0.15) is 6.04 Å². The van der Waals surface area contributed by atoms with E-state index in [1.165, 1.54) is 22.4 Å². The fourth-order valence-corrected chi connectivity index (χ4v) is 4.45. The summed E-state index contributed by atoms with van der Waals surface area (Å²) in [6, 6.07) is 17.4. The number of anilines is 1. The molecule has 1 atom stereocenters. The molecule has 0 saturated carbocycles. The van der Waals surface area contributed by atoms with Gasteiger partial charge in [-0.05, 0) is 47.0 Å². The van der Waals surface area contributed by atoms with Gasteiger partial charge in [0.05, 0.1) is 32.7 Å². The van der Waals surface area contributed by atoms with Gasteiger partial charge in [-0.3, -0.25) is 0 Å². The second-order valence-corrected chi connectivity index (χ2v) is 8.01. The van der Waals surface area contributed by atoms with E-state index in [9.17, 15) is 0 Å². The quantitative estimate of drug-likeness (QED) is 0.700. The molecular formula is C23H31N6+. The van der Waals surface area contributed by atoms with Crippen molar-refractivity contribution in [1.82, 2.24) is 20.2 Å². The van der Waals surface area contributed by atoms with E-state index < -0.39 is 0 Å². The van der Waals surface area contributed by atoms with Gasteiger partial charge in [-0.15, -0.1) is 5.10 Å². The van der Waals surface area contributed by atoms with Crippen LogP contribution in [0.2, 0.25) is 0 Å². The molecule has 1 N–H and O–H groups in total. The monoisotopic (exact) mass is 391 g/mol. The van der Waals surface area contributed by atoms with Crippen LogP contribution >= 0.6 is 0 Å². The highest BCUT2D eigenvalue weighted by atomic mass is 15.6. The minimum absolute atomic E-state index is 0.328. The van der Waals surface area contributed by atoms with E-state index in [1.807, 2.05) is 10.7 Å². The van der Waals surface area contributed by atoms with Crippen LogP contribution in [0.15, 0.2) is 48.5 Å². The van der Waals surface area contributed by atoms with E-state index in [0.717, 1.165) is 45.0 Å². The second-order valence-electron chi connectivity index (χ2n) is 8.01. The van der Waals surface area contributed by atoms with Crippen LogP contribution in [0.25, 0.3) is 0 Å². The summed E-state index contributed by atoms with van der Waals surface area (Å²) in [4.78, 5) is 4.11. The van der Waals surface area contributed by atoms with Gasteiger partial charge < -0.3 is 9.80 Å². The summed E-state index contributed by atoms with van der Waals surface area (Å²) in [6.07, 6.45) is 1.04. The van der Waals surface area contributed by atoms with E-state index in [4.69, 9.17) is 0 Å². The maximum Gasteiger partial charge on any atom is 0.209 e. The van der Waals surface area contributed by atoms with Gasteiger partial charge in [0.15, 0.2) is 0 Å². The number of nitrogens with one attached hydrogen (secondary N) is 1. The van der Waals surface area contributed by atoms with Crippen molar-refractivity contribution >= 4 is 5.69 Å². The summed E-state index contributed by atoms with van der Waals surface area (Å²) in [7, 11) is 0. The van der Waals surface area contributed by atoms with Crippen molar-refractivity contribution < 1.29 is 4.90 Å². The average molecular weight is 392 g/mol. The van der Waals surface area contributed by atoms with Crippen molar-refractivity contribution in [3.8, 4) is 0 Å². The Bertz CT molecular complexity index is 928. The lowest BCUT2D eigenvalue weighted by atomic mass is 10.1. The molecule has 6 heteroatoms. The molecule has 1 aromatic heterocycles. The third-order valence-electron chi connectivity index (χ3n) is 6.27. The van der Waals surface area contributed by atoms with Crippen LogP contribution in [0.5, 0.6) is 0 Å². The summed E-state index contributed by atoms with van der Waals surface area (Å²) in [5, 5.41) is 12.7. The van der Waals surface area contributed by atoms with Crippen LogP contribution in [0.3, 0.4) is 0 Å². The fourth-order valence-electron chi connectivity index (χ4n) is 4.45. The predicted octanol–water partition coefficient (Wildman–Crippen LogP) is 2.19. The van der Waals surface area contributed by atoms with Crippen molar-refractivity contribution in [2.24, 2.45) is 0 Å². The van der Waals surface area contributed by atoms with Crippen LogP contribution in [0.1, 0.15) is 41.9 Å². The van der Waals surface area contributed by atoms with Crippen LogP contribution in [-0.4, -0.2) is 46.4 Å². The van der Waals surface area contributed by atoms with Gasteiger partial charge in [-0.1, -0.05) is 49.4 Å². The van der Waals surface area contributed by atoms with Crippen LogP contribution < -0.4 is 9.80 Å². The van der Waals surface area contributed by atoms with Crippen LogP contribution in [0.4, 0.5) is 5.69 Å². The zero-order valence-electron chi connectivity index (χ0n) is 17.7. The minimum Gasteiger partial charge on any atom is -0.360 e. The van der Waals surface area contributed by atoms with Crippen molar-refractivity contribution in [1.29, 1.82) is 0 Å². The maximum atomic E-state index is 4.43. The first-order chi connectivity index (χ1) is 14.2. The van der Waals surface area contributed by atoms with E-state index in [0.29, 0.717) is 6.04 Å². The molecule has 0 bridgehead atoms. The normalized spacial score (nSPS) is 16.2. The van der Waals surface area contributed by atoms with Crippen molar-refractivity contribution in [2.75, 3.05) is 31.1 Å². The number of aromatic nitrogens is 4. The second kappa shape index (κ2) is 8.74. The number of piperazine rings is 1. The lowest BCUT2D eigenvalue weighted by molar-refractivity contribution is -0.933. The summed E-state index contributed by atoms with van der Waals surface area (Å²) < 4.78 is 1.98. The number of benzene rings is 2. The molecule has 0 spiro atoms. The highest BCUT2D eigenvalue weighted by Crippen LogP contribution is 2.23. The SMILES string of the molecule is CC[C@@H](c1nnnn1Cc1ccccc1)[NH+]1CCN(c2cccc(C)c2C)CC1. The summed E-state index contributed by atoms with van der Waals surface area (Å²) in [5.74, 6) is 1.01. The molecule has 4 rings (SSSR count). The Balaban J connectivity index is 1.46. The predicted molar refractivity (Wildman–Crippen MR) is 115 cm³/mol. The Morgan fingerprint density at radius 1 is 1.00 bits per heavy atom. The molecular weight excluding hydrogens is 360 g/mol. The third kappa shape index (κ3) is 4.17. The average Bonchev–Trinajstić information content (AvgIpc) is 3.20. The molecule has 1 fully saturated rings. The largest absolute Gasteiger partial charge is 0.360 e. The number of nitrogens with zero attached hydrogens (tertiary/aromatic N) is 5. The maximum absolute atomic E-state index is 4.43. The molecule has 0 unspecified atom stereocenters. The van der Waals surface area contributed by atoms with Crippen LogP contribution in [0, 0.1) is 13.8 Å². The first-order valence-corrected chi connectivity index (χ1v) is 10.6. The smallest absolute Gasteiger partial charge is 0.209 e. The van der Waals surface area contributed by atoms with Gasteiger partial charge in [-0.2, -0.15) is 0 Å². The molecule has 1 saturated heterocycles. The Hall–Kier alpha value is -2.73. The molecule has 3 aromatic rings. The zero-order chi connectivity index (χ0) is 20.2. The Labute approximate surface area is 173 Å². The topological polar surface area (TPSA) is 51.3 Å². The lowest BCUT2D eigenvalue weighted by Gasteiger charge is -2.37. The number of hydrogen-bond acceptors (Lipinski definition) is 4. The Kier molecular flexibility index (Phi) is 5.90. The first-order valence-electron chi connectivity index (χ1n) is 10.6. The number of hydrogen-bond donors (Lipinski definition) is 1. The highest BCUT2D eigenvalue weighted by Gasteiger charge is 2.31. The van der Waals surface area contributed by atoms with Gasteiger partial charge in [0.25, 0.3) is 0 Å². The van der Waals surface area contributed by atoms with Gasteiger partial charge >= 0.3 is 0 Å². The lowest BCUT2D eigenvalue weighted by Crippen LogP contribution is -3.15. The molecule has 2 aromatic carbocycles. The van der Waals surface area contributed by atoms with Gasteiger partial charge in [-0.25, -0.2) is 4.68 Å². The zero-order valence-corrected chi connectivity index (χ0v) is 17.7. The molecule has 1 aliphatic heterocycles. The standard InChI is InChI=1S/C23H30N6/c1-4-21(23-24-25-26-29(23)17-20-10-6-5-7-11-20)27-13-15-28(16-14-27)22-12-8-9-18(2)19(22)3/h5-12,21H,4,13-17H2,1-3H3/p+1/t21-/m0/s1. The molecule has 1 aliphatic rings. The molecule has 0 amide bonds. The Morgan fingerprint density at radius 2 is 1.76 bits per heavy atom. The number of rotatable bonds is 6. The van der Waals surface area contributed by atoms with Gasteiger partial charge in [0.2, 0.25) is 5.82 Å². The van der Waals surface area contributed by atoms with Crippen molar-refractivity contribution in [3.63, 3.8) is 0 Å². The summed E-state index contributed by atoms with van der Waals surface area (Å²) >= 11 is 0. The highest BCUT2D eigenvalue weighted by molar-refractivity contribution is 5.56. The fraction of sp³-hybridized carbons (Fsp3) is 0.435. The molecule has 152 valence electrons. The first kappa shape index (κ1) is 19.6. The van der Waals surface area contributed by atoms with E-state index in [1.54, 1.807) is 4.90 Å². The van der Waals surface area contributed by atoms with Crippen molar-refractivity contribution in [3.05, 3.63) is 71.0 Å². The molecule has 0 aliphatic carbocycles. The molecule has 29 heavy (non-hydrogen) atoms. The van der Waals surface area contributed by atoms with E-state index in [-0.39, 0.29) is 0 Å². The minimum atomic E-state index is 0.328. The van der Waals surface area contributed by atoms with E-state index >= 15 is 0 Å². The van der Waals surface area contributed by atoms with Gasteiger partial charge in [0, 0.05) is 12.1 Å². The molecule has 0 radical (unpaired) electrons. The third-order valence-corrected chi connectivity index (χ3v) is 6.27.